The number of nitrogens with one attached hydrogen (secondary N) is 1. The zero-order valence-electron chi connectivity index (χ0n) is 8.90. The van der Waals surface area contributed by atoms with Gasteiger partial charge in [-0.3, -0.25) is 4.98 Å². The van der Waals surface area contributed by atoms with Crippen LogP contribution in [-0.2, 0) is 0 Å². The molecule has 1 saturated heterocycles. The van der Waals surface area contributed by atoms with Crippen LogP contribution in [0.5, 0.6) is 0 Å². The number of rotatable bonds is 1. The largest absolute Gasteiger partial charge is 0.317 e. The van der Waals surface area contributed by atoms with Crippen LogP contribution in [0.4, 0.5) is 0 Å². The second-order valence-corrected chi connectivity index (χ2v) is 3.82. The Morgan fingerprint density at radius 2 is 1.87 bits per heavy atom. The van der Waals surface area contributed by atoms with Crippen LogP contribution in [0.25, 0.3) is 0 Å². The summed E-state index contributed by atoms with van der Waals surface area (Å²) in [7, 11) is 0. The highest BCUT2D eigenvalue weighted by molar-refractivity contribution is 5.85. The Balaban J connectivity index is 0.000000980. The highest BCUT2D eigenvalue weighted by atomic mass is 35.5. The molecule has 0 bridgehead atoms. The van der Waals surface area contributed by atoms with Crippen molar-refractivity contribution in [3.63, 3.8) is 0 Å². The van der Waals surface area contributed by atoms with Crippen molar-refractivity contribution in [3.05, 3.63) is 29.6 Å². The van der Waals surface area contributed by atoms with E-state index in [1.165, 1.54) is 24.0 Å². The van der Waals surface area contributed by atoms with Gasteiger partial charge in [-0.25, -0.2) is 0 Å². The number of hydrogen-bond acceptors (Lipinski definition) is 2. The van der Waals surface area contributed by atoms with E-state index in [0.717, 1.165) is 19.0 Å². The third-order valence-corrected chi connectivity index (χ3v) is 2.71. The summed E-state index contributed by atoms with van der Waals surface area (Å²) in [6.45, 7) is 4.41. The van der Waals surface area contributed by atoms with Gasteiger partial charge >= 0.3 is 0 Å². The van der Waals surface area contributed by atoms with Gasteiger partial charge in [-0.15, -0.1) is 24.8 Å². The van der Waals surface area contributed by atoms with Crippen molar-refractivity contribution in [2.75, 3.05) is 13.1 Å². The summed E-state index contributed by atoms with van der Waals surface area (Å²) in [6.07, 6.45) is 6.45. The third-order valence-electron chi connectivity index (χ3n) is 2.71. The van der Waals surface area contributed by atoms with E-state index >= 15 is 0 Å². The molecule has 15 heavy (non-hydrogen) atoms. The molecule has 1 aliphatic heterocycles. The molecule has 86 valence electrons. The molecule has 1 fully saturated rings. The average Bonchev–Trinajstić information content (AvgIpc) is 2.19. The molecule has 0 spiro atoms. The van der Waals surface area contributed by atoms with E-state index in [1.54, 1.807) is 0 Å². The van der Waals surface area contributed by atoms with Gasteiger partial charge in [0.1, 0.15) is 0 Å². The van der Waals surface area contributed by atoms with Crippen LogP contribution in [0, 0.1) is 6.92 Å². The van der Waals surface area contributed by atoms with Crippen molar-refractivity contribution >= 4 is 24.8 Å². The molecule has 4 heteroatoms. The number of aromatic nitrogens is 1. The Hall–Kier alpha value is -0.310. The van der Waals surface area contributed by atoms with E-state index in [0.29, 0.717) is 0 Å². The number of pyridine rings is 1. The fourth-order valence-electron chi connectivity index (χ4n) is 1.96. The van der Waals surface area contributed by atoms with Crippen LogP contribution >= 0.6 is 24.8 Å². The molecule has 0 atom stereocenters. The molecule has 2 heterocycles. The molecular weight excluding hydrogens is 231 g/mol. The van der Waals surface area contributed by atoms with E-state index in [1.807, 2.05) is 12.4 Å². The summed E-state index contributed by atoms with van der Waals surface area (Å²) in [4.78, 5) is 4.24. The smallest absolute Gasteiger partial charge is 0.0302 e. The summed E-state index contributed by atoms with van der Waals surface area (Å²) in [5.74, 6) is 0.730. The molecule has 2 nitrogen and oxygen atoms in total. The molecule has 0 amide bonds. The Morgan fingerprint density at radius 3 is 2.47 bits per heavy atom. The monoisotopic (exact) mass is 248 g/mol. The second kappa shape index (κ2) is 7.04. The van der Waals surface area contributed by atoms with Gasteiger partial charge in [0.15, 0.2) is 0 Å². The Bertz CT molecular complexity index is 286. The number of halogens is 2. The lowest BCUT2D eigenvalue weighted by Gasteiger charge is -2.22. The first-order chi connectivity index (χ1) is 6.36. The van der Waals surface area contributed by atoms with Gasteiger partial charge in [-0.05, 0) is 49.9 Å². The van der Waals surface area contributed by atoms with Crippen LogP contribution in [0.15, 0.2) is 18.5 Å². The van der Waals surface area contributed by atoms with Crippen molar-refractivity contribution in [3.8, 4) is 0 Å². The number of piperidine rings is 1. The Kier molecular flexibility index (Phi) is 6.90. The summed E-state index contributed by atoms with van der Waals surface area (Å²) in [5.41, 5.74) is 2.69. The molecule has 1 aromatic rings. The maximum Gasteiger partial charge on any atom is 0.0302 e. The van der Waals surface area contributed by atoms with Gasteiger partial charge in [0.2, 0.25) is 0 Å². The molecular formula is C11H18Cl2N2. The van der Waals surface area contributed by atoms with Crippen LogP contribution in [0.2, 0.25) is 0 Å². The molecule has 0 saturated carbocycles. The highest BCUT2D eigenvalue weighted by Crippen LogP contribution is 2.24. The normalized spacial score (nSPS) is 16.3. The van der Waals surface area contributed by atoms with Gasteiger partial charge in [0.25, 0.3) is 0 Å². The summed E-state index contributed by atoms with van der Waals surface area (Å²) in [6, 6.07) is 2.27. The van der Waals surface area contributed by atoms with E-state index in [2.05, 4.69) is 23.3 Å². The summed E-state index contributed by atoms with van der Waals surface area (Å²) >= 11 is 0. The first-order valence-corrected chi connectivity index (χ1v) is 4.98. The third kappa shape index (κ3) is 3.98. The van der Waals surface area contributed by atoms with Crippen molar-refractivity contribution < 1.29 is 0 Å². The number of aryl methyl sites for hydroxylation is 1. The standard InChI is InChI=1S/C11H16N2.2ClH/c1-9-6-11(8-13-7-9)10-2-4-12-5-3-10;;/h6-8,10,12H,2-5H2,1H3;2*1H. The van der Waals surface area contributed by atoms with E-state index in [-0.39, 0.29) is 24.8 Å². The minimum atomic E-state index is 0. The van der Waals surface area contributed by atoms with Crippen LogP contribution in [-0.4, -0.2) is 18.1 Å². The van der Waals surface area contributed by atoms with Gasteiger partial charge in [0, 0.05) is 12.4 Å². The quantitative estimate of drug-likeness (QED) is 0.827. The van der Waals surface area contributed by atoms with Crippen molar-refractivity contribution in [1.82, 2.24) is 10.3 Å². The van der Waals surface area contributed by atoms with Gasteiger partial charge < -0.3 is 5.32 Å². The zero-order valence-corrected chi connectivity index (χ0v) is 10.5. The first-order valence-electron chi connectivity index (χ1n) is 4.98. The molecule has 1 aliphatic rings. The SMILES string of the molecule is Cc1cncc(C2CCNCC2)c1.Cl.Cl. The van der Waals surface area contributed by atoms with Gasteiger partial charge in [-0.1, -0.05) is 6.07 Å². The number of hydrogen-bond donors (Lipinski definition) is 1. The first kappa shape index (κ1) is 14.7. The maximum absolute atomic E-state index is 4.24. The minimum absolute atomic E-state index is 0. The number of nitrogens with zero attached hydrogens (tertiary/aromatic N) is 1. The van der Waals surface area contributed by atoms with Crippen molar-refractivity contribution in [2.24, 2.45) is 0 Å². The molecule has 0 radical (unpaired) electrons. The highest BCUT2D eigenvalue weighted by Gasteiger charge is 2.14. The lowest BCUT2D eigenvalue weighted by Crippen LogP contribution is -2.26. The fraction of sp³-hybridized carbons (Fsp3) is 0.545. The van der Waals surface area contributed by atoms with E-state index in [9.17, 15) is 0 Å². The second-order valence-electron chi connectivity index (χ2n) is 3.82. The molecule has 1 aromatic heterocycles. The molecule has 2 rings (SSSR count). The average molecular weight is 249 g/mol. The van der Waals surface area contributed by atoms with Gasteiger partial charge in [-0.2, -0.15) is 0 Å². The predicted octanol–water partition coefficient (Wildman–Crippen LogP) is 2.70. The fourth-order valence-corrected chi connectivity index (χ4v) is 1.96. The lowest BCUT2D eigenvalue weighted by atomic mass is 9.91. The van der Waals surface area contributed by atoms with Crippen molar-refractivity contribution in [2.45, 2.75) is 25.7 Å². The Labute approximate surface area is 104 Å². The Morgan fingerprint density at radius 1 is 1.20 bits per heavy atom. The maximum atomic E-state index is 4.24. The minimum Gasteiger partial charge on any atom is -0.317 e. The summed E-state index contributed by atoms with van der Waals surface area (Å²) in [5, 5.41) is 3.38. The van der Waals surface area contributed by atoms with Gasteiger partial charge in [0.05, 0.1) is 0 Å². The van der Waals surface area contributed by atoms with Crippen LogP contribution in [0.1, 0.15) is 29.9 Å². The zero-order chi connectivity index (χ0) is 9.10. The van der Waals surface area contributed by atoms with Crippen LogP contribution in [0.3, 0.4) is 0 Å². The van der Waals surface area contributed by atoms with E-state index < -0.39 is 0 Å². The van der Waals surface area contributed by atoms with Crippen molar-refractivity contribution in [1.29, 1.82) is 0 Å². The predicted molar refractivity (Wildman–Crippen MR) is 68.3 cm³/mol. The molecule has 0 aliphatic carbocycles. The lowest BCUT2D eigenvalue weighted by molar-refractivity contribution is 0.459. The van der Waals surface area contributed by atoms with Crippen LogP contribution < -0.4 is 5.32 Å². The van der Waals surface area contributed by atoms with E-state index in [4.69, 9.17) is 0 Å². The molecule has 1 N–H and O–H groups in total. The topological polar surface area (TPSA) is 24.9 Å². The molecule has 0 unspecified atom stereocenters. The summed E-state index contributed by atoms with van der Waals surface area (Å²) < 4.78 is 0. The molecule has 0 aromatic carbocycles.